The average molecular weight is 743 g/mol. The minimum Gasteiger partial charge on any atom is -0.497 e. The van der Waals surface area contributed by atoms with Crippen LogP contribution in [0.2, 0.25) is 0 Å². The Morgan fingerprint density at radius 3 is 2.45 bits per heavy atom. The molecule has 0 saturated carbocycles. The number of allylic oxidation sites excluding steroid dienone is 3. The number of methoxy groups -OCH3 is 1. The van der Waals surface area contributed by atoms with Crippen molar-refractivity contribution in [1.82, 2.24) is 18.8 Å². The van der Waals surface area contributed by atoms with Gasteiger partial charge in [0, 0.05) is 47.0 Å². The van der Waals surface area contributed by atoms with Crippen LogP contribution in [0.3, 0.4) is 0 Å². The molecule has 2 fully saturated rings. The fourth-order valence-electron chi connectivity index (χ4n) is 7.24. The number of fused-ring (bicyclic) bond motifs is 1. The highest BCUT2D eigenvalue weighted by molar-refractivity contribution is 7.91. The number of pyridine rings is 1. The van der Waals surface area contributed by atoms with Crippen LogP contribution in [0.4, 0.5) is 0 Å². The van der Waals surface area contributed by atoms with Gasteiger partial charge in [0.05, 0.1) is 31.8 Å². The van der Waals surface area contributed by atoms with Gasteiger partial charge in [0.15, 0.2) is 11.2 Å². The summed E-state index contributed by atoms with van der Waals surface area (Å²) in [6.45, 7) is 6.09. The van der Waals surface area contributed by atoms with E-state index in [9.17, 15) is 8.42 Å². The fraction of sp³-hybridized carbons (Fsp3) is 0.333. The van der Waals surface area contributed by atoms with Crippen molar-refractivity contribution < 1.29 is 22.6 Å². The highest BCUT2D eigenvalue weighted by atomic mass is 35.5. The van der Waals surface area contributed by atoms with E-state index in [1.807, 2.05) is 60.8 Å². The number of aromatic nitrogens is 3. The molecule has 2 atom stereocenters. The van der Waals surface area contributed by atoms with Gasteiger partial charge in [0.25, 0.3) is 0 Å². The van der Waals surface area contributed by atoms with Crippen molar-refractivity contribution in [2.24, 2.45) is 0 Å². The molecule has 0 N–H and O–H groups in total. The Morgan fingerprint density at radius 1 is 1.00 bits per heavy atom. The molecule has 5 aromatic rings. The Kier molecular flexibility index (Phi) is 9.14. The Bertz CT molecular complexity index is 2220. The van der Waals surface area contributed by atoms with Crippen molar-refractivity contribution in [3.05, 3.63) is 124 Å². The molecular formula is C39H39ClN4O5S2. The number of halogens is 1. The van der Waals surface area contributed by atoms with Gasteiger partial charge in [0.2, 0.25) is 10.0 Å². The van der Waals surface area contributed by atoms with Gasteiger partial charge in [-0.15, -0.1) is 11.3 Å². The molecule has 0 radical (unpaired) electrons. The predicted octanol–water partition coefficient (Wildman–Crippen LogP) is 7.62. The van der Waals surface area contributed by atoms with E-state index in [1.54, 1.807) is 38.6 Å². The quantitative estimate of drug-likeness (QED) is 0.137. The molecule has 12 heteroatoms. The Labute approximate surface area is 307 Å². The largest absolute Gasteiger partial charge is 0.497 e. The molecule has 2 aliphatic heterocycles. The van der Waals surface area contributed by atoms with Crippen LogP contribution in [0.25, 0.3) is 21.5 Å². The SMILES string of the molecule is COc1ccc(COC2(c3ncc(-c4ccnc5c4ccn5S(=O)(=O)C4(C)C=C(Cl)C=CC4c4ccc(CN5CCCC5)cc4)s3)COC2)cc1. The maximum atomic E-state index is 14.8. The third-order valence-corrected chi connectivity index (χ3v) is 14.1. The lowest BCUT2D eigenvalue weighted by atomic mass is 9.83. The van der Waals surface area contributed by atoms with Crippen LogP contribution in [0.1, 0.15) is 47.4 Å². The number of ether oxygens (including phenoxy) is 3. The summed E-state index contributed by atoms with van der Waals surface area (Å²) in [4.78, 5) is 12.7. The number of hydrogen-bond acceptors (Lipinski definition) is 9. The normalized spacial score (nSPS) is 21.9. The number of benzene rings is 2. The van der Waals surface area contributed by atoms with Gasteiger partial charge < -0.3 is 14.2 Å². The molecule has 0 bridgehead atoms. The number of thiazole rings is 1. The molecule has 3 aliphatic rings. The first-order valence-corrected chi connectivity index (χ1v) is 19.7. The van der Waals surface area contributed by atoms with E-state index >= 15 is 0 Å². The molecule has 2 aromatic carbocycles. The Morgan fingerprint density at radius 2 is 1.75 bits per heavy atom. The van der Waals surface area contributed by atoms with E-state index in [1.165, 1.54) is 33.7 Å². The van der Waals surface area contributed by atoms with Gasteiger partial charge in [-0.3, -0.25) is 4.90 Å². The van der Waals surface area contributed by atoms with Gasteiger partial charge in [-0.2, -0.15) is 0 Å². The Hall–Kier alpha value is -3.84. The lowest BCUT2D eigenvalue weighted by Crippen LogP contribution is -2.48. The molecule has 9 nitrogen and oxygen atoms in total. The fourth-order valence-corrected chi connectivity index (χ4v) is 10.5. The summed E-state index contributed by atoms with van der Waals surface area (Å²) < 4.78 is 46.8. The topological polar surface area (TPSA) is 95.8 Å². The molecule has 264 valence electrons. The monoisotopic (exact) mass is 742 g/mol. The van der Waals surface area contributed by atoms with Crippen molar-refractivity contribution in [3.63, 3.8) is 0 Å². The van der Waals surface area contributed by atoms with Crippen LogP contribution in [-0.2, 0) is 38.2 Å². The number of hydrogen-bond donors (Lipinski definition) is 0. The first-order chi connectivity index (χ1) is 24.7. The highest BCUT2D eigenvalue weighted by Crippen LogP contribution is 2.45. The molecule has 5 heterocycles. The van der Waals surface area contributed by atoms with E-state index in [0.29, 0.717) is 35.9 Å². The van der Waals surface area contributed by atoms with Gasteiger partial charge in [-0.05, 0) is 86.0 Å². The van der Waals surface area contributed by atoms with E-state index in [4.69, 9.17) is 30.8 Å². The van der Waals surface area contributed by atoms with E-state index < -0.39 is 26.3 Å². The number of likely N-dealkylation sites (tertiary alicyclic amines) is 1. The zero-order chi connectivity index (χ0) is 35.2. The third kappa shape index (κ3) is 6.23. The minimum atomic E-state index is -4.08. The third-order valence-electron chi connectivity index (χ3n) is 10.3. The summed E-state index contributed by atoms with van der Waals surface area (Å²) in [7, 11) is -2.43. The molecule has 2 unspecified atom stereocenters. The summed E-state index contributed by atoms with van der Waals surface area (Å²) in [5.41, 5.74) is 3.69. The smallest absolute Gasteiger partial charge is 0.250 e. The zero-order valence-electron chi connectivity index (χ0n) is 28.5. The van der Waals surface area contributed by atoms with E-state index in [0.717, 1.165) is 52.0 Å². The van der Waals surface area contributed by atoms with E-state index in [2.05, 4.69) is 22.0 Å². The molecule has 2 saturated heterocycles. The van der Waals surface area contributed by atoms with Crippen LogP contribution in [0.15, 0.2) is 103 Å². The second kappa shape index (κ2) is 13.6. The van der Waals surface area contributed by atoms with Gasteiger partial charge in [-0.25, -0.2) is 22.4 Å². The van der Waals surface area contributed by atoms with Gasteiger partial charge in [-0.1, -0.05) is 54.1 Å². The van der Waals surface area contributed by atoms with Gasteiger partial charge >= 0.3 is 0 Å². The molecule has 1 aliphatic carbocycles. The average Bonchev–Trinajstić information content (AvgIpc) is 3.91. The van der Waals surface area contributed by atoms with Gasteiger partial charge in [0.1, 0.15) is 15.5 Å². The standard InChI is InChI=1S/C39H39ClN4O5S2/c1-38(21-30(40)11-14-34(38)29-9-5-27(6-10-29)23-43-18-3-4-19-43)51(45,46)44-20-16-33-32(15-17-41-36(33)44)35-22-42-37(50-35)39(25-48-26-39)49-24-28-7-12-31(47-2)13-8-28/h5-17,20-22,34H,3-4,18-19,23-26H2,1-2H3. The molecule has 51 heavy (non-hydrogen) atoms. The number of rotatable bonds is 11. The molecule has 0 spiro atoms. The molecule has 3 aromatic heterocycles. The number of nitrogens with zero attached hydrogens (tertiary/aromatic N) is 4. The molecule has 0 amide bonds. The predicted molar refractivity (Wildman–Crippen MR) is 201 cm³/mol. The van der Waals surface area contributed by atoms with Crippen molar-refractivity contribution in [2.75, 3.05) is 33.4 Å². The van der Waals surface area contributed by atoms with Crippen molar-refractivity contribution in [2.45, 2.75) is 49.2 Å². The Balaban J connectivity index is 1.08. The minimum absolute atomic E-state index is 0.347. The van der Waals surface area contributed by atoms with Crippen molar-refractivity contribution >= 4 is 44.0 Å². The van der Waals surface area contributed by atoms with Crippen LogP contribution >= 0.6 is 22.9 Å². The highest BCUT2D eigenvalue weighted by Gasteiger charge is 2.48. The molecule has 8 rings (SSSR count). The first-order valence-electron chi connectivity index (χ1n) is 17.1. The first kappa shape index (κ1) is 34.3. The summed E-state index contributed by atoms with van der Waals surface area (Å²) in [6, 6.07) is 19.8. The summed E-state index contributed by atoms with van der Waals surface area (Å²) in [5, 5.41) is 1.90. The van der Waals surface area contributed by atoms with Crippen LogP contribution in [0.5, 0.6) is 5.75 Å². The van der Waals surface area contributed by atoms with Crippen molar-refractivity contribution in [3.8, 4) is 16.2 Å². The van der Waals surface area contributed by atoms with Crippen molar-refractivity contribution in [1.29, 1.82) is 0 Å². The summed E-state index contributed by atoms with van der Waals surface area (Å²) >= 11 is 8.06. The summed E-state index contributed by atoms with van der Waals surface area (Å²) in [6.07, 6.45) is 12.9. The zero-order valence-corrected chi connectivity index (χ0v) is 30.9. The van der Waals surface area contributed by atoms with E-state index in [-0.39, 0.29) is 0 Å². The maximum absolute atomic E-state index is 14.8. The van der Waals surface area contributed by atoms with Crippen LogP contribution < -0.4 is 4.74 Å². The molecular weight excluding hydrogens is 704 g/mol. The van der Waals surface area contributed by atoms with Crippen LogP contribution in [-0.4, -0.2) is 65.4 Å². The maximum Gasteiger partial charge on any atom is 0.250 e. The summed E-state index contributed by atoms with van der Waals surface area (Å²) in [5.74, 6) is 0.326. The van der Waals surface area contributed by atoms with Crippen LogP contribution in [0, 0.1) is 0 Å². The second-order valence-corrected chi connectivity index (χ2v) is 17.3. The lowest BCUT2D eigenvalue weighted by Gasteiger charge is -2.39. The second-order valence-electron chi connectivity index (χ2n) is 13.6. The lowest BCUT2D eigenvalue weighted by molar-refractivity contribution is -0.222.